The molecule has 0 bridgehead atoms. The molecule has 152 valence electrons. The third kappa shape index (κ3) is 4.52. The molecule has 0 aliphatic carbocycles. The van der Waals surface area contributed by atoms with Gasteiger partial charge >= 0.3 is 11.9 Å². The predicted octanol–water partition coefficient (Wildman–Crippen LogP) is 6.57. The summed E-state index contributed by atoms with van der Waals surface area (Å²) in [6.45, 7) is 0. The van der Waals surface area contributed by atoms with E-state index in [0.29, 0.717) is 0 Å². The fourth-order valence-corrected chi connectivity index (χ4v) is 4.41. The van der Waals surface area contributed by atoms with Crippen LogP contribution < -0.4 is 0 Å². The highest BCUT2D eigenvalue weighted by atomic mass is 32.2. The minimum atomic E-state index is -0.947. The van der Waals surface area contributed by atoms with Gasteiger partial charge in [0.15, 0.2) is 0 Å². The monoisotopic (exact) mass is 426 g/mol. The van der Waals surface area contributed by atoms with E-state index >= 15 is 0 Å². The van der Waals surface area contributed by atoms with Crippen molar-refractivity contribution in [3.8, 4) is 22.3 Å². The summed E-state index contributed by atoms with van der Waals surface area (Å²) in [5.41, 5.74) is 4.42. The quantitative estimate of drug-likeness (QED) is 0.365. The molecule has 2 N–H and O–H groups in total. The maximum Gasteiger partial charge on any atom is 0.335 e. The molecule has 0 fully saturated rings. The standard InChI is InChI=1S/C26H18O4S/c27-25(28)19-13-9-17(10-14-19)21-5-1-3-7-23(21)31-24-8-4-2-6-22(24)18-11-15-20(16-12-18)26(29)30/h1-16H,(H,27,28)(H,29,30). The first-order valence-electron chi connectivity index (χ1n) is 9.56. The van der Waals surface area contributed by atoms with Crippen LogP contribution in [0.2, 0.25) is 0 Å². The first-order valence-corrected chi connectivity index (χ1v) is 10.4. The third-order valence-corrected chi connectivity index (χ3v) is 6.03. The number of carboxylic acid groups (broad SMARTS) is 2. The molecular weight excluding hydrogens is 408 g/mol. The van der Waals surface area contributed by atoms with Gasteiger partial charge in [0.25, 0.3) is 0 Å². The molecule has 0 saturated carbocycles. The van der Waals surface area contributed by atoms with Crippen LogP contribution in [0.3, 0.4) is 0 Å². The van der Waals surface area contributed by atoms with Gasteiger partial charge in [0, 0.05) is 9.79 Å². The van der Waals surface area contributed by atoms with Gasteiger partial charge in [-0.05, 0) is 58.7 Å². The lowest BCUT2D eigenvalue weighted by atomic mass is 10.0. The summed E-state index contributed by atoms with van der Waals surface area (Å²) in [4.78, 5) is 24.4. The highest BCUT2D eigenvalue weighted by Crippen LogP contribution is 2.40. The zero-order valence-corrected chi connectivity index (χ0v) is 17.2. The minimum absolute atomic E-state index is 0.254. The van der Waals surface area contributed by atoms with Crippen molar-refractivity contribution in [2.75, 3.05) is 0 Å². The van der Waals surface area contributed by atoms with Gasteiger partial charge in [0.1, 0.15) is 0 Å². The molecule has 0 spiro atoms. The topological polar surface area (TPSA) is 74.6 Å². The van der Waals surface area contributed by atoms with E-state index in [1.54, 1.807) is 36.0 Å². The average molecular weight is 426 g/mol. The van der Waals surface area contributed by atoms with Crippen molar-refractivity contribution in [2.24, 2.45) is 0 Å². The fourth-order valence-electron chi connectivity index (χ4n) is 3.29. The number of rotatable bonds is 6. The van der Waals surface area contributed by atoms with Gasteiger partial charge in [-0.2, -0.15) is 0 Å². The number of hydrogen-bond donors (Lipinski definition) is 2. The summed E-state index contributed by atoms with van der Waals surface area (Å²) in [6.07, 6.45) is 0. The Morgan fingerprint density at radius 2 is 0.871 bits per heavy atom. The van der Waals surface area contributed by atoms with Gasteiger partial charge in [0.05, 0.1) is 11.1 Å². The van der Waals surface area contributed by atoms with Gasteiger partial charge in [-0.25, -0.2) is 9.59 Å². The second-order valence-corrected chi connectivity index (χ2v) is 7.94. The van der Waals surface area contributed by atoms with Crippen LogP contribution in [-0.2, 0) is 0 Å². The third-order valence-electron chi connectivity index (χ3n) is 4.88. The van der Waals surface area contributed by atoms with Crippen molar-refractivity contribution >= 4 is 23.7 Å². The molecule has 0 aliphatic heterocycles. The first kappa shape index (κ1) is 20.4. The number of hydrogen-bond acceptors (Lipinski definition) is 3. The highest BCUT2D eigenvalue weighted by Gasteiger charge is 2.12. The van der Waals surface area contributed by atoms with Gasteiger partial charge < -0.3 is 10.2 Å². The van der Waals surface area contributed by atoms with E-state index in [1.807, 2.05) is 72.8 Å². The average Bonchev–Trinajstić information content (AvgIpc) is 2.80. The van der Waals surface area contributed by atoms with E-state index in [9.17, 15) is 9.59 Å². The van der Waals surface area contributed by atoms with Crippen LogP contribution in [0.1, 0.15) is 20.7 Å². The molecule has 4 nitrogen and oxygen atoms in total. The van der Waals surface area contributed by atoms with E-state index in [1.165, 1.54) is 0 Å². The molecule has 0 unspecified atom stereocenters. The molecule has 0 atom stereocenters. The molecule has 4 aromatic rings. The van der Waals surface area contributed by atoms with Gasteiger partial charge in [-0.3, -0.25) is 0 Å². The van der Waals surface area contributed by atoms with Crippen molar-refractivity contribution < 1.29 is 19.8 Å². The van der Waals surface area contributed by atoms with E-state index in [-0.39, 0.29) is 11.1 Å². The summed E-state index contributed by atoms with van der Waals surface area (Å²) >= 11 is 1.62. The molecule has 0 heterocycles. The maximum atomic E-state index is 11.2. The van der Waals surface area contributed by atoms with E-state index < -0.39 is 11.9 Å². The Hall–Kier alpha value is -3.83. The van der Waals surface area contributed by atoms with Crippen molar-refractivity contribution in [1.82, 2.24) is 0 Å². The van der Waals surface area contributed by atoms with Crippen LogP contribution in [0, 0.1) is 0 Å². The molecule has 0 aromatic heterocycles. The smallest absolute Gasteiger partial charge is 0.335 e. The van der Waals surface area contributed by atoms with Crippen molar-refractivity contribution in [3.63, 3.8) is 0 Å². The Balaban J connectivity index is 1.70. The zero-order chi connectivity index (χ0) is 21.8. The molecule has 0 radical (unpaired) electrons. The molecule has 0 saturated heterocycles. The van der Waals surface area contributed by atoms with Crippen molar-refractivity contribution in [2.45, 2.75) is 9.79 Å². The van der Waals surface area contributed by atoms with Crippen molar-refractivity contribution in [3.05, 3.63) is 108 Å². The second-order valence-electron chi connectivity index (χ2n) is 6.86. The molecule has 0 aliphatic rings. The number of carbonyl (C=O) groups is 2. The summed E-state index contributed by atoms with van der Waals surface area (Å²) in [5.74, 6) is -1.89. The van der Waals surface area contributed by atoms with E-state index in [4.69, 9.17) is 10.2 Å². The van der Waals surface area contributed by atoms with Gasteiger partial charge in [0.2, 0.25) is 0 Å². The lowest BCUT2D eigenvalue weighted by Crippen LogP contribution is -1.95. The maximum absolute atomic E-state index is 11.2. The van der Waals surface area contributed by atoms with Crippen LogP contribution in [0.15, 0.2) is 107 Å². The summed E-state index contributed by atoms with van der Waals surface area (Å²) in [5, 5.41) is 18.3. The summed E-state index contributed by atoms with van der Waals surface area (Å²) < 4.78 is 0. The normalized spacial score (nSPS) is 10.6. The molecule has 4 aromatic carbocycles. The summed E-state index contributed by atoms with van der Waals surface area (Å²) in [6, 6.07) is 29.7. The van der Waals surface area contributed by atoms with Crippen LogP contribution in [-0.4, -0.2) is 22.2 Å². The summed E-state index contributed by atoms with van der Waals surface area (Å²) in [7, 11) is 0. The lowest BCUT2D eigenvalue weighted by Gasteiger charge is -2.13. The number of aromatic carboxylic acids is 2. The zero-order valence-electron chi connectivity index (χ0n) is 16.4. The first-order chi connectivity index (χ1) is 15.0. The highest BCUT2D eigenvalue weighted by molar-refractivity contribution is 7.99. The van der Waals surface area contributed by atoms with Gasteiger partial charge in [-0.1, -0.05) is 72.4 Å². The Morgan fingerprint density at radius 1 is 0.516 bits per heavy atom. The van der Waals surface area contributed by atoms with Crippen LogP contribution in [0.4, 0.5) is 0 Å². The van der Waals surface area contributed by atoms with Gasteiger partial charge in [-0.15, -0.1) is 0 Å². The minimum Gasteiger partial charge on any atom is -0.478 e. The van der Waals surface area contributed by atoms with Crippen LogP contribution in [0.25, 0.3) is 22.3 Å². The number of benzene rings is 4. The fraction of sp³-hybridized carbons (Fsp3) is 0. The Bertz CT molecular complexity index is 1150. The lowest BCUT2D eigenvalue weighted by molar-refractivity contribution is 0.0686. The Kier molecular flexibility index (Phi) is 5.87. The Labute approximate surface area is 183 Å². The number of carboxylic acids is 2. The molecule has 0 amide bonds. The Morgan fingerprint density at radius 3 is 1.23 bits per heavy atom. The second kappa shape index (κ2) is 8.90. The molecule has 31 heavy (non-hydrogen) atoms. The largest absolute Gasteiger partial charge is 0.478 e. The SMILES string of the molecule is O=C(O)c1ccc(-c2ccccc2Sc2ccccc2-c2ccc(C(=O)O)cc2)cc1. The van der Waals surface area contributed by atoms with Crippen LogP contribution in [0.5, 0.6) is 0 Å². The van der Waals surface area contributed by atoms with Crippen LogP contribution >= 0.6 is 11.8 Å². The molecule has 5 heteroatoms. The van der Waals surface area contributed by atoms with Crippen molar-refractivity contribution in [1.29, 1.82) is 0 Å². The van der Waals surface area contributed by atoms with E-state index in [2.05, 4.69) is 0 Å². The molecule has 4 rings (SSSR count). The predicted molar refractivity (Wildman–Crippen MR) is 122 cm³/mol. The van der Waals surface area contributed by atoms with E-state index in [0.717, 1.165) is 32.0 Å². The molecular formula is C26H18O4S.